The van der Waals surface area contributed by atoms with Crippen LogP contribution >= 0.6 is 31.9 Å². The van der Waals surface area contributed by atoms with Gasteiger partial charge >= 0.3 is 0 Å². The fourth-order valence-corrected chi connectivity index (χ4v) is 3.49. The topological polar surface area (TPSA) is 59.0 Å². The van der Waals surface area contributed by atoms with Crippen LogP contribution in [0.25, 0.3) is 0 Å². The lowest BCUT2D eigenvalue weighted by Gasteiger charge is -2.16. The number of halogens is 2. The highest BCUT2D eigenvalue weighted by Crippen LogP contribution is 2.35. The Morgan fingerprint density at radius 2 is 1.90 bits per heavy atom. The van der Waals surface area contributed by atoms with E-state index in [0.717, 1.165) is 34.0 Å². The standard InChI is InChI=1S/C16H22Br2N2O/c1-11(20)7-12-8-13(17)15(14(18)9-12)21-6-4-5-16(2,3)10-19/h8-9,11H,4-7,20H2,1-3H3. The number of nitrogens with two attached hydrogens (primary N) is 1. The van der Waals surface area contributed by atoms with Crippen LogP contribution in [0, 0.1) is 16.7 Å². The van der Waals surface area contributed by atoms with Gasteiger partial charge in [-0.3, -0.25) is 0 Å². The second kappa shape index (κ2) is 8.17. The molecular formula is C16H22Br2N2O. The monoisotopic (exact) mass is 416 g/mol. The van der Waals surface area contributed by atoms with Crippen LogP contribution in [-0.2, 0) is 6.42 Å². The summed E-state index contributed by atoms with van der Waals surface area (Å²) in [5.74, 6) is 0.804. The number of nitriles is 1. The summed E-state index contributed by atoms with van der Waals surface area (Å²) in [6.07, 6.45) is 2.50. The highest BCUT2D eigenvalue weighted by atomic mass is 79.9. The molecule has 0 radical (unpaired) electrons. The van der Waals surface area contributed by atoms with Crippen LogP contribution in [0.2, 0.25) is 0 Å². The summed E-state index contributed by atoms with van der Waals surface area (Å²) in [5, 5.41) is 8.99. The van der Waals surface area contributed by atoms with Crippen molar-refractivity contribution in [2.45, 2.75) is 46.1 Å². The lowest BCUT2D eigenvalue weighted by molar-refractivity contribution is 0.281. The Morgan fingerprint density at radius 3 is 2.38 bits per heavy atom. The number of hydrogen-bond acceptors (Lipinski definition) is 3. The number of nitrogens with zero attached hydrogens (tertiary/aromatic N) is 1. The van der Waals surface area contributed by atoms with Crippen LogP contribution in [0.4, 0.5) is 0 Å². The summed E-state index contributed by atoms with van der Waals surface area (Å²) in [7, 11) is 0. The van der Waals surface area contributed by atoms with Crippen molar-refractivity contribution in [3.8, 4) is 11.8 Å². The van der Waals surface area contributed by atoms with E-state index in [1.807, 2.05) is 32.9 Å². The highest BCUT2D eigenvalue weighted by molar-refractivity contribution is 9.11. The van der Waals surface area contributed by atoms with Crippen molar-refractivity contribution >= 4 is 31.9 Å². The molecule has 0 aromatic heterocycles. The van der Waals surface area contributed by atoms with Gasteiger partial charge in [-0.1, -0.05) is 0 Å². The minimum Gasteiger partial charge on any atom is -0.491 e. The lowest BCUT2D eigenvalue weighted by atomic mass is 9.90. The summed E-state index contributed by atoms with van der Waals surface area (Å²) in [4.78, 5) is 0. The number of rotatable bonds is 7. The average Bonchev–Trinajstić information content (AvgIpc) is 2.36. The molecule has 0 saturated carbocycles. The van der Waals surface area contributed by atoms with Crippen molar-refractivity contribution in [3.05, 3.63) is 26.6 Å². The van der Waals surface area contributed by atoms with Gasteiger partial charge in [-0.15, -0.1) is 0 Å². The Kier molecular flexibility index (Phi) is 7.19. The minimum atomic E-state index is -0.293. The van der Waals surface area contributed by atoms with E-state index in [0.29, 0.717) is 6.61 Å². The summed E-state index contributed by atoms with van der Waals surface area (Å²) >= 11 is 7.09. The molecule has 1 unspecified atom stereocenters. The Bertz CT molecular complexity index is 498. The van der Waals surface area contributed by atoms with Gasteiger partial charge in [0.15, 0.2) is 0 Å². The third kappa shape index (κ3) is 6.37. The Morgan fingerprint density at radius 1 is 1.33 bits per heavy atom. The fraction of sp³-hybridized carbons (Fsp3) is 0.562. The third-order valence-electron chi connectivity index (χ3n) is 3.11. The zero-order valence-electron chi connectivity index (χ0n) is 12.7. The zero-order chi connectivity index (χ0) is 16.0. The molecule has 0 fully saturated rings. The van der Waals surface area contributed by atoms with E-state index in [-0.39, 0.29) is 11.5 Å². The summed E-state index contributed by atoms with van der Waals surface area (Å²) in [6.45, 7) is 6.47. The van der Waals surface area contributed by atoms with Crippen molar-refractivity contribution in [1.82, 2.24) is 0 Å². The molecule has 0 heterocycles. The average molecular weight is 418 g/mol. The maximum atomic E-state index is 8.99. The van der Waals surface area contributed by atoms with Crippen molar-refractivity contribution in [2.24, 2.45) is 11.1 Å². The second-order valence-electron chi connectivity index (χ2n) is 6.02. The summed E-state index contributed by atoms with van der Waals surface area (Å²) < 4.78 is 7.68. The minimum absolute atomic E-state index is 0.129. The highest BCUT2D eigenvalue weighted by Gasteiger charge is 2.16. The molecule has 0 bridgehead atoms. The van der Waals surface area contributed by atoms with E-state index in [2.05, 4.69) is 37.9 Å². The predicted octanol–water partition coefficient (Wildman–Crippen LogP) is 4.81. The van der Waals surface area contributed by atoms with Gasteiger partial charge in [-0.2, -0.15) is 5.26 Å². The third-order valence-corrected chi connectivity index (χ3v) is 4.29. The van der Waals surface area contributed by atoms with Crippen LogP contribution in [-0.4, -0.2) is 12.6 Å². The zero-order valence-corrected chi connectivity index (χ0v) is 15.9. The molecule has 0 saturated heterocycles. The lowest BCUT2D eigenvalue weighted by Crippen LogP contribution is -2.17. The molecule has 0 amide bonds. The first-order chi connectivity index (χ1) is 9.75. The fourth-order valence-electron chi connectivity index (χ4n) is 1.98. The van der Waals surface area contributed by atoms with E-state index in [1.54, 1.807) is 0 Å². The normalized spacial score (nSPS) is 12.8. The van der Waals surface area contributed by atoms with Crippen LogP contribution in [0.15, 0.2) is 21.1 Å². The van der Waals surface area contributed by atoms with Gasteiger partial charge in [0, 0.05) is 6.04 Å². The first kappa shape index (κ1) is 18.5. The van der Waals surface area contributed by atoms with Crippen molar-refractivity contribution in [3.63, 3.8) is 0 Å². The smallest absolute Gasteiger partial charge is 0.147 e. The summed E-state index contributed by atoms with van der Waals surface area (Å²) in [6, 6.07) is 6.52. The molecule has 5 heteroatoms. The molecule has 116 valence electrons. The summed E-state index contributed by atoms with van der Waals surface area (Å²) in [5.41, 5.74) is 6.70. The molecule has 21 heavy (non-hydrogen) atoms. The SMILES string of the molecule is CC(N)Cc1cc(Br)c(OCCCC(C)(C)C#N)c(Br)c1. The molecular weight excluding hydrogens is 396 g/mol. The van der Waals surface area contributed by atoms with Gasteiger partial charge in [0.25, 0.3) is 0 Å². The van der Waals surface area contributed by atoms with Gasteiger partial charge in [0.2, 0.25) is 0 Å². The van der Waals surface area contributed by atoms with Crippen LogP contribution in [0.5, 0.6) is 5.75 Å². The van der Waals surface area contributed by atoms with Crippen molar-refractivity contribution in [1.29, 1.82) is 5.26 Å². The van der Waals surface area contributed by atoms with Crippen molar-refractivity contribution in [2.75, 3.05) is 6.61 Å². The van der Waals surface area contributed by atoms with E-state index in [1.165, 1.54) is 5.56 Å². The van der Waals surface area contributed by atoms with Crippen LogP contribution in [0.1, 0.15) is 39.2 Å². The Balaban J connectivity index is 2.62. The molecule has 0 spiro atoms. The van der Waals surface area contributed by atoms with Gasteiger partial charge < -0.3 is 10.5 Å². The maximum absolute atomic E-state index is 8.99. The molecule has 0 aliphatic rings. The van der Waals surface area contributed by atoms with Crippen LogP contribution < -0.4 is 10.5 Å². The molecule has 1 aromatic rings. The molecule has 0 aliphatic carbocycles. The second-order valence-corrected chi connectivity index (χ2v) is 7.73. The first-order valence-corrected chi connectivity index (χ1v) is 8.61. The van der Waals surface area contributed by atoms with Crippen molar-refractivity contribution < 1.29 is 4.74 Å². The van der Waals surface area contributed by atoms with Gasteiger partial charge in [-0.05, 0) is 89.6 Å². The Hall–Kier alpha value is -0.570. The number of hydrogen-bond donors (Lipinski definition) is 1. The van der Waals surface area contributed by atoms with E-state index >= 15 is 0 Å². The molecule has 1 rings (SSSR count). The first-order valence-electron chi connectivity index (χ1n) is 7.03. The number of ether oxygens (including phenoxy) is 1. The molecule has 1 atom stereocenters. The quantitative estimate of drug-likeness (QED) is 0.647. The van der Waals surface area contributed by atoms with E-state index < -0.39 is 0 Å². The van der Waals surface area contributed by atoms with Gasteiger partial charge in [-0.25, -0.2) is 0 Å². The molecule has 3 nitrogen and oxygen atoms in total. The molecule has 0 aliphatic heterocycles. The maximum Gasteiger partial charge on any atom is 0.147 e. The largest absolute Gasteiger partial charge is 0.491 e. The van der Waals surface area contributed by atoms with Crippen LogP contribution in [0.3, 0.4) is 0 Å². The predicted molar refractivity (Wildman–Crippen MR) is 93.3 cm³/mol. The molecule has 1 aromatic carbocycles. The van der Waals surface area contributed by atoms with E-state index in [9.17, 15) is 0 Å². The Labute approximate surface area is 144 Å². The van der Waals surface area contributed by atoms with Gasteiger partial charge in [0.05, 0.1) is 27.0 Å². The van der Waals surface area contributed by atoms with E-state index in [4.69, 9.17) is 15.7 Å². The molecule has 2 N–H and O–H groups in total. The van der Waals surface area contributed by atoms with Gasteiger partial charge in [0.1, 0.15) is 5.75 Å². The number of benzene rings is 1.